The summed E-state index contributed by atoms with van der Waals surface area (Å²) in [4.78, 5) is -1.63. The maximum absolute atomic E-state index is 11.8. The van der Waals surface area contributed by atoms with Gasteiger partial charge in [0, 0.05) is 14.5 Å². The normalized spacial score (nSPS) is 13.6. The van der Waals surface area contributed by atoms with E-state index in [0.29, 0.717) is 14.5 Å². The highest BCUT2D eigenvalue weighted by Crippen LogP contribution is 2.39. The van der Waals surface area contributed by atoms with Gasteiger partial charge in [0.05, 0.1) is 0 Å². The summed E-state index contributed by atoms with van der Waals surface area (Å²) in [5.74, 6) is 0. The molecular weight excluding hydrogens is 584 g/mol. The zero-order valence-electron chi connectivity index (χ0n) is 9.54. The van der Waals surface area contributed by atoms with E-state index in [1.807, 2.05) is 0 Å². The van der Waals surface area contributed by atoms with Crippen molar-refractivity contribution in [2.75, 3.05) is 0 Å². The van der Waals surface area contributed by atoms with Gasteiger partial charge < -0.3 is 0 Å². The predicted octanol–water partition coefficient (Wildman–Crippen LogP) is 5.55. The maximum Gasteiger partial charge on any atom is 0.365 e. The quantitative estimate of drug-likeness (QED) is 0.258. The summed E-state index contributed by atoms with van der Waals surface area (Å²) in [6.45, 7) is 0. The Bertz CT molecular complexity index is 646. The van der Waals surface area contributed by atoms with Crippen molar-refractivity contribution >= 4 is 109 Å². The Morgan fingerprint density at radius 3 is 2.14 bits per heavy atom. The summed E-state index contributed by atoms with van der Waals surface area (Å²) >= 11 is 31.6. The molecule has 0 unspecified atom stereocenters. The van der Waals surface area contributed by atoms with E-state index in [1.54, 1.807) is 18.2 Å². The van der Waals surface area contributed by atoms with Crippen molar-refractivity contribution in [1.82, 2.24) is 0 Å². The molecule has 118 valence electrons. The van der Waals surface area contributed by atoms with E-state index < -0.39 is 18.6 Å². The van der Waals surface area contributed by atoms with Crippen LogP contribution in [-0.2, 0) is 14.4 Å². The van der Waals surface area contributed by atoms with Gasteiger partial charge in [0.1, 0.15) is 0 Å². The van der Waals surface area contributed by atoms with Crippen molar-refractivity contribution in [2.45, 2.75) is 8.50 Å². The molecule has 0 aliphatic carbocycles. The molecule has 0 radical (unpaired) electrons. The Morgan fingerprint density at radius 2 is 1.71 bits per heavy atom. The minimum Gasteiger partial charge on any atom is -0.265 e. The van der Waals surface area contributed by atoms with Crippen molar-refractivity contribution in [3.8, 4) is 0 Å². The maximum atomic E-state index is 11.8. The molecule has 0 aliphatic rings. The highest BCUT2D eigenvalue weighted by Gasteiger charge is 2.49. The van der Waals surface area contributed by atoms with E-state index in [9.17, 15) is 8.42 Å². The Morgan fingerprint density at radius 1 is 1.24 bits per heavy atom. The number of oxime groups is 1. The molecule has 0 aliphatic heterocycles. The molecule has 0 aromatic heterocycles. The van der Waals surface area contributed by atoms with E-state index in [1.165, 1.54) is 0 Å². The van der Waals surface area contributed by atoms with Crippen LogP contribution in [-0.4, -0.2) is 21.5 Å². The van der Waals surface area contributed by atoms with Crippen LogP contribution in [0.5, 0.6) is 0 Å². The molecule has 1 rings (SSSR count). The molecule has 1 aromatic rings. The standard InChI is InChI=1S/C9H4Br3Cl4NO3S/c10-4-2-1-3-5(11)6(4)7(12)17-20-21(18,19)9(15,16)8(13)14/h1-3,8H/b17-7+. The summed E-state index contributed by atoms with van der Waals surface area (Å²) in [5, 5.41) is 3.44. The van der Waals surface area contributed by atoms with Gasteiger partial charge >= 0.3 is 10.1 Å². The monoisotopic (exact) mass is 583 g/mol. The zero-order valence-corrected chi connectivity index (χ0v) is 18.1. The third-order valence-electron chi connectivity index (χ3n) is 1.97. The topological polar surface area (TPSA) is 55.7 Å². The van der Waals surface area contributed by atoms with Crippen molar-refractivity contribution in [3.63, 3.8) is 0 Å². The number of rotatable bonds is 5. The van der Waals surface area contributed by atoms with E-state index in [0.717, 1.165) is 0 Å². The molecule has 21 heavy (non-hydrogen) atoms. The first-order chi connectivity index (χ1) is 9.50. The summed E-state index contributed by atoms with van der Waals surface area (Å²) in [7, 11) is -4.57. The fourth-order valence-corrected chi connectivity index (χ4v) is 4.80. The van der Waals surface area contributed by atoms with Crippen LogP contribution in [0, 0.1) is 0 Å². The van der Waals surface area contributed by atoms with Gasteiger partial charge in [-0.2, -0.15) is 8.42 Å². The van der Waals surface area contributed by atoms with Gasteiger partial charge in [-0.25, -0.2) is 0 Å². The van der Waals surface area contributed by atoms with Crippen LogP contribution in [0.2, 0.25) is 0 Å². The minimum atomic E-state index is -4.57. The van der Waals surface area contributed by atoms with Crippen LogP contribution in [0.15, 0.2) is 32.3 Å². The largest absolute Gasteiger partial charge is 0.365 e. The average molecular weight is 588 g/mol. The second-order valence-electron chi connectivity index (χ2n) is 3.37. The lowest BCUT2D eigenvalue weighted by atomic mass is 10.2. The Hall–Kier alpha value is 1.24. The lowest BCUT2D eigenvalue weighted by molar-refractivity contribution is 0.336. The average Bonchev–Trinajstić information content (AvgIpc) is 2.35. The molecule has 12 heteroatoms. The van der Waals surface area contributed by atoms with E-state index in [-0.39, 0.29) is 4.62 Å². The van der Waals surface area contributed by atoms with Gasteiger partial charge in [-0.05, 0) is 28.1 Å². The fourth-order valence-electron chi connectivity index (χ4n) is 0.981. The summed E-state index contributed by atoms with van der Waals surface area (Å²) in [5.41, 5.74) is 0.524. The predicted molar refractivity (Wildman–Crippen MR) is 97.2 cm³/mol. The van der Waals surface area contributed by atoms with E-state index in [2.05, 4.69) is 57.2 Å². The van der Waals surface area contributed by atoms with Gasteiger partial charge in [-0.1, -0.05) is 66.3 Å². The van der Waals surface area contributed by atoms with Crippen molar-refractivity contribution in [3.05, 3.63) is 32.7 Å². The molecular formula is C9H4Br3Cl4NO3S. The SMILES string of the molecule is O=S(=O)(O/N=C(/Br)c1c(Br)cccc1Br)C(Cl)(Cl)C(Cl)Cl. The molecule has 0 atom stereocenters. The molecule has 0 heterocycles. The molecule has 0 bridgehead atoms. The van der Waals surface area contributed by atoms with Crippen molar-refractivity contribution in [1.29, 1.82) is 0 Å². The molecule has 0 saturated carbocycles. The first-order valence-electron chi connectivity index (χ1n) is 4.77. The third kappa shape index (κ3) is 4.86. The third-order valence-corrected chi connectivity index (χ3v) is 7.94. The number of benzene rings is 1. The smallest absolute Gasteiger partial charge is 0.265 e. The Balaban J connectivity index is 3.11. The summed E-state index contributed by atoms with van der Waals surface area (Å²) in [6, 6.07) is 5.22. The van der Waals surface area contributed by atoms with Gasteiger partial charge in [-0.3, -0.25) is 4.28 Å². The highest BCUT2D eigenvalue weighted by atomic mass is 79.9. The molecule has 0 amide bonds. The summed E-state index contributed by atoms with van der Waals surface area (Å²) in [6.07, 6.45) is 0. The van der Waals surface area contributed by atoms with Crippen LogP contribution in [0.4, 0.5) is 0 Å². The van der Waals surface area contributed by atoms with Gasteiger partial charge in [0.2, 0.25) is 0 Å². The van der Waals surface area contributed by atoms with Crippen molar-refractivity contribution < 1.29 is 12.7 Å². The molecule has 0 spiro atoms. The number of hydrogen-bond donors (Lipinski definition) is 0. The zero-order chi connectivity index (χ0) is 16.4. The second kappa shape index (κ2) is 7.88. The van der Waals surface area contributed by atoms with Crippen molar-refractivity contribution in [2.24, 2.45) is 5.16 Å². The van der Waals surface area contributed by atoms with E-state index in [4.69, 9.17) is 46.4 Å². The molecule has 0 fully saturated rings. The van der Waals surface area contributed by atoms with Crippen LogP contribution in [0.25, 0.3) is 0 Å². The molecule has 0 N–H and O–H groups in total. The van der Waals surface area contributed by atoms with E-state index >= 15 is 0 Å². The Labute approximate surface area is 166 Å². The first kappa shape index (κ1) is 20.3. The highest BCUT2D eigenvalue weighted by molar-refractivity contribution is 9.18. The Kier molecular flexibility index (Phi) is 7.61. The first-order valence-corrected chi connectivity index (χ1v) is 10.2. The van der Waals surface area contributed by atoms with Crippen LogP contribution >= 0.6 is 94.2 Å². The van der Waals surface area contributed by atoms with Crippen LogP contribution in [0.3, 0.4) is 0 Å². The lowest BCUT2D eigenvalue weighted by Gasteiger charge is -2.18. The molecule has 0 saturated heterocycles. The van der Waals surface area contributed by atoms with Gasteiger partial charge in [0.25, 0.3) is 3.67 Å². The lowest BCUT2D eigenvalue weighted by Crippen LogP contribution is -2.33. The number of halogens is 7. The summed E-state index contributed by atoms with van der Waals surface area (Å²) < 4.78 is 26.8. The number of alkyl halides is 4. The van der Waals surface area contributed by atoms with Crippen LogP contribution < -0.4 is 0 Å². The van der Waals surface area contributed by atoms with Gasteiger partial charge in [-0.15, -0.1) is 23.2 Å². The van der Waals surface area contributed by atoms with Gasteiger partial charge in [0.15, 0.2) is 9.46 Å². The van der Waals surface area contributed by atoms with Crippen LogP contribution in [0.1, 0.15) is 5.56 Å². The minimum absolute atomic E-state index is 0.0789. The fraction of sp³-hybridized carbons (Fsp3) is 0.222. The number of hydrogen-bond acceptors (Lipinski definition) is 4. The second-order valence-corrected chi connectivity index (χ2v) is 10.5. The molecule has 4 nitrogen and oxygen atoms in total. The number of nitrogens with zero attached hydrogens (tertiary/aromatic N) is 1. The molecule has 1 aromatic carbocycles.